The van der Waals surface area contributed by atoms with Crippen molar-refractivity contribution >= 4 is 15.9 Å². The van der Waals surface area contributed by atoms with Gasteiger partial charge in [0.1, 0.15) is 0 Å². The lowest BCUT2D eigenvalue weighted by Crippen LogP contribution is -2.44. The number of nitrogens with zero attached hydrogens (tertiary/aromatic N) is 3. The highest BCUT2D eigenvalue weighted by Crippen LogP contribution is 2.32. The molecule has 28 heavy (non-hydrogen) atoms. The zero-order valence-corrected chi connectivity index (χ0v) is 17.5. The quantitative estimate of drug-likeness (QED) is 0.726. The van der Waals surface area contributed by atoms with E-state index in [1.807, 2.05) is 24.0 Å². The van der Waals surface area contributed by atoms with Gasteiger partial charge in [-0.3, -0.25) is 9.69 Å². The zero-order chi connectivity index (χ0) is 19.7. The SMILES string of the molecule is CCc1ccccc1S(=O)(=O)N1CCCN(C2CCN(CC3CC3)C2=O)CC1. The van der Waals surface area contributed by atoms with Gasteiger partial charge in [-0.2, -0.15) is 4.31 Å². The number of carbonyl (C=O) groups excluding carboxylic acids is 1. The molecule has 0 N–H and O–H groups in total. The second-order valence-electron chi connectivity index (χ2n) is 8.29. The van der Waals surface area contributed by atoms with Gasteiger partial charge < -0.3 is 4.90 Å². The molecule has 2 saturated heterocycles. The minimum atomic E-state index is -3.50. The third-order valence-corrected chi connectivity index (χ3v) is 8.35. The molecule has 1 aromatic rings. The van der Waals surface area contributed by atoms with Gasteiger partial charge in [-0.1, -0.05) is 25.1 Å². The summed E-state index contributed by atoms with van der Waals surface area (Å²) in [6, 6.07) is 7.22. The van der Waals surface area contributed by atoms with Crippen LogP contribution in [0.4, 0.5) is 0 Å². The van der Waals surface area contributed by atoms with Gasteiger partial charge in [0.25, 0.3) is 0 Å². The van der Waals surface area contributed by atoms with Crippen LogP contribution < -0.4 is 0 Å². The van der Waals surface area contributed by atoms with Gasteiger partial charge in [-0.25, -0.2) is 8.42 Å². The van der Waals surface area contributed by atoms with Gasteiger partial charge in [0.2, 0.25) is 15.9 Å². The topological polar surface area (TPSA) is 60.9 Å². The Labute approximate surface area is 168 Å². The van der Waals surface area contributed by atoms with E-state index >= 15 is 0 Å². The second kappa shape index (κ2) is 8.13. The Morgan fingerprint density at radius 3 is 2.54 bits per heavy atom. The maximum Gasteiger partial charge on any atom is 0.243 e. The molecule has 1 amide bonds. The van der Waals surface area contributed by atoms with Gasteiger partial charge in [-0.05, 0) is 49.7 Å². The van der Waals surface area contributed by atoms with Crippen molar-refractivity contribution in [2.24, 2.45) is 5.92 Å². The van der Waals surface area contributed by atoms with Crippen molar-refractivity contribution in [1.29, 1.82) is 0 Å². The van der Waals surface area contributed by atoms with Gasteiger partial charge in [0, 0.05) is 39.3 Å². The smallest absolute Gasteiger partial charge is 0.243 e. The number of rotatable bonds is 6. The molecule has 154 valence electrons. The molecule has 3 aliphatic rings. The fraction of sp³-hybridized carbons (Fsp3) is 0.667. The number of amides is 1. The molecule has 3 fully saturated rings. The Morgan fingerprint density at radius 2 is 1.79 bits per heavy atom. The van der Waals surface area contributed by atoms with E-state index < -0.39 is 10.0 Å². The molecule has 1 saturated carbocycles. The van der Waals surface area contributed by atoms with Crippen LogP contribution >= 0.6 is 0 Å². The molecule has 0 aromatic heterocycles. The van der Waals surface area contributed by atoms with Crippen LogP contribution in [0.5, 0.6) is 0 Å². The second-order valence-corrected chi connectivity index (χ2v) is 10.2. The third-order valence-electron chi connectivity index (χ3n) is 6.35. The van der Waals surface area contributed by atoms with Crippen LogP contribution in [-0.4, -0.2) is 73.7 Å². The van der Waals surface area contributed by atoms with Crippen LogP contribution in [-0.2, 0) is 21.2 Å². The van der Waals surface area contributed by atoms with Gasteiger partial charge in [-0.15, -0.1) is 0 Å². The summed E-state index contributed by atoms with van der Waals surface area (Å²) in [5.41, 5.74) is 0.866. The average molecular weight is 406 g/mol. The lowest BCUT2D eigenvalue weighted by atomic mass is 10.2. The number of hydrogen-bond donors (Lipinski definition) is 0. The maximum absolute atomic E-state index is 13.2. The maximum atomic E-state index is 13.2. The van der Waals surface area contributed by atoms with Crippen molar-refractivity contribution in [1.82, 2.24) is 14.1 Å². The monoisotopic (exact) mass is 405 g/mol. The Morgan fingerprint density at radius 1 is 1.00 bits per heavy atom. The standard InChI is InChI=1S/C21H31N3O3S/c1-2-18-6-3-4-7-20(18)28(26,27)24-12-5-11-22(14-15-24)19-10-13-23(21(19)25)16-17-8-9-17/h3-4,6-7,17,19H,2,5,8-16H2,1H3. The summed E-state index contributed by atoms with van der Waals surface area (Å²) < 4.78 is 28.1. The van der Waals surface area contributed by atoms with Gasteiger partial charge in [0.05, 0.1) is 10.9 Å². The van der Waals surface area contributed by atoms with E-state index in [1.54, 1.807) is 16.4 Å². The van der Waals surface area contributed by atoms with Crippen LogP contribution in [0.2, 0.25) is 0 Å². The van der Waals surface area contributed by atoms with Crippen molar-refractivity contribution in [3.63, 3.8) is 0 Å². The molecule has 1 aromatic carbocycles. The molecular formula is C21H31N3O3S. The van der Waals surface area contributed by atoms with Crippen molar-refractivity contribution < 1.29 is 13.2 Å². The summed E-state index contributed by atoms with van der Waals surface area (Å²) in [6.45, 7) is 6.13. The fourth-order valence-corrected chi connectivity index (χ4v) is 6.27. The number of aryl methyl sites for hydroxylation is 1. The number of carbonyl (C=O) groups is 1. The average Bonchev–Trinajstić information content (AvgIpc) is 3.48. The Bertz CT molecular complexity index is 822. The number of sulfonamides is 1. The Hall–Kier alpha value is -1.44. The molecule has 0 spiro atoms. The lowest BCUT2D eigenvalue weighted by Gasteiger charge is -2.26. The van der Waals surface area contributed by atoms with Crippen molar-refractivity contribution in [2.75, 3.05) is 39.3 Å². The zero-order valence-electron chi connectivity index (χ0n) is 16.7. The summed E-state index contributed by atoms with van der Waals surface area (Å²) in [4.78, 5) is 17.5. The van der Waals surface area contributed by atoms with Crippen molar-refractivity contribution in [2.45, 2.75) is 50.0 Å². The molecule has 7 heteroatoms. The predicted molar refractivity (Wildman–Crippen MR) is 108 cm³/mol. The summed E-state index contributed by atoms with van der Waals surface area (Å²) >= 11 is 0. The van der Waals surface area contributed by atoms with E-state index in [9.17, 15) is 13.2 Å². The normalized spacial score (nSPS) is 25.2. The molecular weight excluding hydrogens is 374 g/mol. The molecule has 1 aliphatic carbocycles. The molecule has 1 unspecified atom stereocenters. The van der Waals surface area contributed by atoms with Crippen LogP contribution in [0, 0.1) is 5.92 Å². The minimum Gasteiger partial charge on any atom is -0.341 e. The van der Waals surface area contributed by atoms with Gasteiger partial charge >= 0.3 is 0 Å². The van der Waals surface area contributed by atoms with E-state index in [-0.39, 0.29) is 11.9 Å². The van der Waals surface area contributed by atoms with E-state index in [4.69, 9.17) is 0 Å². The number of hydrogen-bond acceptors (Lipinski definition) is 4. The van der Waals surface area contributed by atoms with Crippen LogP contribution in [0.1, 0.15) is 38.2 Å². The van der Waals surface area contributed by atoms with E-state index in [1.165, 1.54) is 12.8 Å². The summed E-state index contributed by atoms with van der Waals surface area (Å²) in [7, 11) is -3.50. The molecule has 2 heterocycles. The first-order chi connectivity index (χ1) is 13.5. The number of likely N-dealkylation sites (tertiary alicyclic amines) is 1. The molecule has 6 nitrogen and oxygen atoms in total. The van der Waals surface area contributed by atoms with Crippen LogP contribution in [0.3, 0.4) is 0 Å². The Balaban J connectivity index is 1.43. The van der Waals surface area contributed by atoms with E-state index in [0.717, 1.165) is 38.0 Å². The van der Waals surface area contributed by atoms with Crippen LogP contribution in [0.25, 0.3) is 0 Å². The first-order valence-electron chi connectivity index (χ1n) is 10.6. The van der Waals surface area contributed by atoms with E-state index in [2.05, 4.69) is 4.90 Å². The molecule has 1 atom stereocenters. The fourth-order valence-electron chi connectivity index (χ4n) is 4.51. The lowest BCUT2D eigenvalue weighted by molar-refractivity contribution is -0.132. The third kappa shape index (κ3) is 3.98. The first-order valence-corrected chi connectivity index (χ1v) is 12.1. The molecule has 0 bridgehead atoms. The molecule has 0 radical (unpaired) electrons. The Kier molecular flexibility index (Phi) is 5.76. The summed E-state index contributed by atoms with van der Waals surface area (Å²) in [6.07, 6.45) is 4.84. The highest BCUT2D eigenvalue weighted by molar-refractivity contribution is 7.89. The highest BCUT2D eigenvalue weighted by Gasteiger charge is 2.39. The van der Waals surface area contributed by atoms with Crippen molar-refractivity contribution in [3.05, 3.63) is 29.8 Å². The number of benzene rings is 1. The largest absolute Gasteiger partial charge is 0.341 e. The summed E-state index contributed by atoms with van der Waals surface area (Å²) in [5.74, 6) is 0.964. The first kappa shape index (κ1) is 19.9. The minimum absolute atomic E-state index is 0.0654. The summed E-state index contributed by atoms with van der Waals surface area (Å²) in [5, 5.41) is 0. The molecule has 2 aliphatic heterocycles. The van der Waals surface area contributed by atoms with Crippen molar-refractivity contribution in [3.8, 4) is 0 Å². The van der Waals surface area contributed by atoms with Gasteiger partial charge in [0.15, 0.2) is 0 Å². The molecule has 4 rings (SSSR count). The highest BCUT2D eigenvalue weighted by atomic mass is 32.2. The predicted octanol–water partition coefficient (Wildman–Crippen LogP) is 1.96. The van der Waals surface area contributed by atoms with E-state index in [0.29, 0.717) is 36.9 Å². The van der Waals surface area contributed by atoms with Crippen LogP contribution in [0.15, 0.2) is 29.2 Å².